The van der Waals surface area contributed by atoms with E-state index in [1.54, 1.807) is 4.68 Å². The van der Waals surface area contributed by atoms with E-state index in [4.69, 9.17) is 4.74 Å². The zero-order valence-electron chi connectivity index (χ0n) is 16.8. The number of nitrogens with one attached hydrogen (secondary N) is 1. The van der Waals surface area contributed by atoms with Gasteiger partial charge >= 0.3 is 0 Å². The van der Waals surface area contributed by atoms with E-state index in [1.807, 2.05) is 61.5 Å². The molecule has 1 fully saturated rings. The average molecular weight is 425 g/mol. The number of carbonyl (C=O) groups excluding carboxylic acids is 1. The van der Waals surface area contributed by atoms with Gasteiger partial charge in [0.25, 0.3) is 0 Å². The van der Waals surface area contributed by atoms with Crippen LogP contribution in [0.5, 0.6) is 0 Å². The number of benzene rings is 2. The predicted molar refractivity (Wildman–Crippen MR) is 117 cm³/mol. The van der Waals surface area contributed by atoms with Crippen molar-refractivity contribution in [1.82, 2.24) is 20.2 Å². The SMILES string of the molecule is C[C@H](Sc1nnnn1Cc1ccccc1)C(=O)Nc1ccc(N2CCOCC2)cc1. The van der Waals surface area contributed by atoms with E-state index >= 15 is 0 Å². The standard InChI is InChI=1S/C21H24N6O2S/c1-16(30-21-23-24-25-27(21)15-17-5-3-2-4-6-17)20(28)22-18-7-9-19(10-8-18)26-11-13-29-14-12-26/h2-10,16H,11-15H2,1H3,(H,22,28)/t16-/m0/s1. The highest BCUT2D eigenvalue weighted by molar-refractivity contribution is 8.00. The molecular weight excluding hydrogens is 400 g/mol. The molecule has 8 nitrogen and oxygen atoms in total. The van der Waals surface area contributed by atoms with Crippen molar-refractivity contribution in [2.24, 2.45) is 0 Å². The number of rotatable bonds is 7. The number of tetrazole rings is 1. The van der Waals surface area contributed by atoms with Gasteiger partial charge in [0.2, 0.25) is 11.1 Å². The van der Waals surface area contributed by atoms with Crippen LogP contribution in [0.1, 0.15) is 12.5 Å². The van der Waals surface area contributed by atoms with Crippen molar-refractivity contribution >= 4 is 29.0 Å². The van der Waals surface area contributed by atoms with E-state index in [2.05, 4.69) is 25.7 Å². The molecule has 1 atom stereocenters. The van der Waals surface area contributed by atoms with Gasteiger partial charge in [-0.1, -0.05) is 42.1 Å². The molecule has 156 valence electrons. The molecule has 0 radical (unpaired) electrons. The molecule has 0 unspecified atom stereocenters. The average Bonchev–Trinajstić information content (AvgIpc) is 3.22. The molecule has 4 rings (SSSR count). The van der Waals surface area contributed by atoms with Crippen LogP contribution in [0.15, 0.2) is 59.8 Å². The van der Waals surface area contributed by atoms with E-state index in [9.17, 15) is 4.79 Å². The number of amides is 1. The van der Waals surface area contributed by atoms with Gasteiger partial charge in [-0.05, 0) is 47.2 Å². The van der Waals surface area contributed by atoms with Crippen molar-refractivity contribution in [2.45, 2.75) is 23.9 Å². The zero-order chi connectivity index (χ0) is 20.8. The number of aromatic nitrogens is 4. The zero-order valence-corrected chi connectivity index (χ0v) is 17.6. The second-order valence-corrected chi connectivity index (χ2v) is 8.31. The minimum absolute atomic E-state index is 0.0895. The smallest absolute Gasteiger partial charge is 0.237 e. The van der Waals surface area contributed by atoms with Gasteiger partial charge in [0.15, 0.2) is 0 Å². The summed E-state index contributed by atoms with van der Waals surface area (Å²) < 4.78 is 7.10. The molecule has 1 amide bonds. The van der Waals surface area contributed by atoms with Crippen LogP contribution in [0, 0.1) is 0 Å². The van der Waals surface area contributed by atoms with E-state index < -0.39 is 0 Å². The lowest BCUT2D eigenvalue weighted by atomic mass is 10.2. The molecule has 2 heterocycles. The molecule has 1 aromatic heterocycles. The number of thioether (sulfide) groups is 1. The molecule has 2 aromatic carbocycles. The molecule has 1 aliphatic rings. The maximum atomic E-state index is 12.7. The summed E-state index contributed by atoms with van der Waals surface area (Å²) in [5.41, 5.74) is 3.01. The fourth-order valence-corrected chi connectivity index (χ4v) is 3.96. The van der Waals surface area contributed by atoms with Crippen LogP contribution in [-0.2, 0) is 16.1 Å². The van der Waals surface area contributed by atoms with Gasteiger partial charge in [-0.25, -0.2) is 4.68 Å². The molecule has 0 bridgehead atoms. The van der Waals surface area contributed by atoms with E-state index in [-0.39, 0.29) is 11.2 Å². The Morgan fingerprint density at radius 2 is 1.87 bits per heavy atom. The number of hydrogen-bond acceptors (Lipinski definition) is 7. The molecular formula is C21H24N6O2S. The third kappa shape index (κ3) is 5.17. The van der Waals surface area contributed by atoms with E-state index in [1.165, 1.54) is 11.8 Å². The lowest BCUT2D eigenvalue weighted by Gasteiger charge is -2.28. The van der Waals surface area contributed by atoms with Crippen LogP contribution in [0.4, 0.5) is 11.4 Å². The second kappa shape index (κ2) is 9.73. The van der Waals surface area contributed by atoms with Crippen LogP contribution in [0.2, 0.25) is 0 Å². The Morgan fingerprint density at radius 1 is 1.13 bits per heavy atom. The van der Waals surface area contributed by atoms with Gasteiger partial charge in [-0.15, -0.1) is 5.10 Å². The first-order chi connectivity index (χ1) is 14.7. The summed E-state index contributed by atoms with van der Waals surface area (Å²) in [6.07, 6.45) is 0. The van der Waals surface area contributed by atoms with Gasteiger partial charge in [-0.3, -0.25) is 4.79 Å². The minimum Gasteiger partial charge on any atom is -0.378 e. The molecule has 0 aliphatic carbocycles. The summed E-state index contributed by atoms with van der Waals surface area (Å²) in [7, 11) is 0. The highest BCUT2D eigenvalue weighted by Gasteiger charge is 2.19. The Balaban J connectivity index is 1.34. The topological polar surface area (TPSA) is 85.2 Å². The predicted octanol–water partition coefficient (Wildman–Crippen LogP) is 2.68. The molecule has 30 heavy (non-hydrogen) atoms. The Hall–Kier alpha value is -2.91. The Bertz CT molecular complexity index is 957. The Labute approximate surface area is 179 Å². The maximum absolute atomic E-state index is 12.7. The summed E-state index contributed by atoms with van der Waals surface area (Å²) in [6, 6.07) is 17.9. The number of hydrogen-bond donors (Lipinski definition) is 1. The van der Waals surface area contributed by atoms with Gasteiger partial charge in [0.05, 0.1) is 25.0 Å². The summed E-state index contributed by atoms with van der Waals surface area (Å²) in [5.74, 6) is -0.0895. The quantitative estimate of drug-likeness (QED) is 0.584. The van der Waals surface area contributed by atoms with Crippen LogP contribution in [0.25, 0.3) is 0 Å². The highest BCUT2D eigenvalue weighted by Crippen LogP contribution is 2.23. The first kappa shape index (κ1) is 20.4. The molecule has 0 spiro atoms. The van der Waals surface area contributed by atoms with Gasteiger partial charge < -0.3 is 15.0 Å². The molecule has 0 saturated carbocycles. The van der Waals surface area contributed by atoms with Crippen molar-refractivity contribution in [3.63, 3.8) is 0 Å². The van der Waals surface area contributed by atoms with Crippen molar-refractivity contribution in [3.8, 4) is 0 Å². The van der Waals surface area contributed by atoms with E-state index in [0.29, 0.717) is 11.7 Å². The minimum atomic E-state index is -0.343. The van der Waals surface area contributed by atoms with Gasteiger partial charge in [-0.2, -0.15) is 0 Å². The maximum Gasteiger partial charge on any atom is 0.237 e. The van der Waals surface area contributed by atoms with Crippen molar-refractivity contribution < 1.29 is 9.53 Å². The first-order valence-electron chi connectivity index (χ1n) is 9.89. The third-order valence-electron chi connectivity index (χ3n) is 4.84. The van der Waals surface area contributed by atoms with Crippen molar-refractivity contribution in [3.05, 3.63) is 60.2 Å². The third-order valence-corrected chi connectivity index (χ3v) is 5.91. The van der Waals surface area contributed by atoms with Crippen molar-refractivity contribution in [1.29, 1.82) is 0 Å². The Morgan fingerprint density at radius 3 is 2.60 bits per heavy atom. The molecule has 1 N–H and O–H groups in total. The van der Waals surface area contributed by atoms with Crippen LogP contribution in [-0.4, -0.2) is 57.7 Å². The monoisotopic (exact) mass is 424 g/mol. The molecule has 1 aliphatic heterocycles. The fraction of sp³-hybridized carbons (Fsp3) is 0.333. The summed E-state index contributed by atoms with van der Waals surface area (Å²) in [4.78, 5) is 14.9. The summed E-state index contributed by atoms with van der Waals surface area (Å²) in [6.45, 7) is 5.68. The van der Waals surface area contributed by atoms with Gasteiger partial charge in [0, 0.05) is 24.5 Å². The van der Waals surface area contributed by atoms with Gasteiger partial charge in [0.1, 0.15) is 0 Å². The lowest BCUT2D eigenvalue weighted by molar-refractivity contribution is -0.115. The largest absolute Gasteiger partial charge is 0.378 e. The molecule has 3 aromatic rings. The van der Waals surface area contributed by atoms with Crippen molar-refractivity contribution in [2.75, 3.05) is 36.5 Å². The van der Waals surface area contributed by atoms with Crippen LogP contribution in [0.3, 0.4) is 0 Å². The number of nitrogens with zero attached hydrogens (tertiary/aromatic N) is 5. The Kier molecular flexibility index (Phi) is 6.60. The van der Waals surface area contributed by atoms with Crippen LogP contribution < -0.4 is 10.2 Å². The fourth-order valence-electron chi connectivity index (χ4n) is 3.17. The van der Waals surface area contributed by atoms with Crippen LogP contribution >= 0.6 is 11.8 Å². The molecule has 9 heteroatoms. The second-order valence-electron chi connectivity index (χ2n) is 7.00. The normalized spacial score (nSPS) is 15.0. The number of carbonyl (C=O) groups is 1. The number of morpholine rings is 1. The highest BCUT2D eigenvalue weighted by atomic mass is 32.2. The number of ether oxygens (including phenoxy) is 1. The summed E-state index contributed by atoms with van der Waals surface area (Å²) in [5, 5.41) is 15.1. The van der Waals surface area contributed by atoms with E-state index in [0.717, 1.165) is 43.2 Å². The summed E-state index contributed by atoms with van der Waals surface area (Å²) >= 11 is 1.34. The first-order valence-corrected chi connectivity index (χ1v) is 10.8. The number of anilines is 2. The molecule has 1 saturated heterocycles. The lowest BCUT2D eigenvalue weighted by Crippen LogP contribution is -2.36.